The Bertz CT molecular complexity index is 1130. The predicted molar refractivity (Wildman–Crippen MR) is 128 cm³/mol. The van der Waals surface area contributed by atoms with Crippen molar-refractivity contribution in [2.45, 2.75) is 77.8 Å². The second-order valence-electron chi connectivity index (χ2n) is 10.4. The van der Waals surface area contributed by atoms with Gasteiger partial charge < -0.3 is 21.9 Å². The third kappa shape index (κ3) is 4.41. The van der Waals surface area contributed by atoms with Crippen LogP contribution >= 0.6 is 0 Å². The van der Waals surface area contributed by atoms with Gasteiger partial charge >= 0.3 is 5.97 Å². The van der Waals surface area contributed by atoms with Crippen molar-refractivity contribution in [1.29, 1.82) is 0 Å². The average molecular weight is 472 g/mol. The number of nitrogens with two attached hydrogens (primary N) is 2. The van der Waals surface area contributed by atoms with Crippen molar-refractivity contribution in [1.82, 2.24) is 9.78 Å². The molecule has 2 aromatic rings. The molecule has 184 valence electrons. The Hall–Kier alpha value is -2.94. The SMILES string of the molecule is CCc1nn(-c2cc(F)c(C(N)=O)c(NC3CCC[C@H]3C(N)C(=O)O)c2)c2c1CCC(C)(C)C2. The maximum absolute atomic E-state index is 15.3. The number of aryl methyl sites for hydroxylation is 1. The lowest BCUT2D eigenvalue weighted by atomic mass is 9.76. The number of halogens is 1. The molecule has 1 aromatic carbocycles. The van der Waals surface area contributed by atoms with E-state index in [1.165, 1.54) is 11.6 Å². The van der Waals surface area contributed by atoms with Gasteiger partial charge in [0.2, 0.25) is 0 Å². The number of benzene rings is 1. The number of primary amides is 1. The van der Waals surface area contributed by atoms with Gasteiger partial charge in [0.05, 0.1) is 22.6 Å². The first-order valence-corrected chi connectivity index (χ1v) is 12.0. The van der Waals surface area contributed by atoms with Crippen molar-refractivity contribution in [3.05, 3.63) is 40.5 Å². The molecule has 1 aromatic heterocycles. The second-order valence-corrected chi connectivity index (χ2v) is 10.4. The molecule has 1 saturated carbocycles. The third-order valence-corrected chi connectivity index (χ3v) is 7.43. The third-order valence-electron chi connectivity index (χ3n) is 7.43. The summed E-state index contributed by atoms with van der Waals surface area (Å²) in [6.45, 7) is 6.49. The Morgan fingerprint density at radius 3 is 2.74 bits per heavy atom. The minimum absolute atomic E-state index is 0.104. The van der Waals surface area contributed by atoms with Gasteiger partial charge in [-0.05, 0) is 55.6 Å². The predicted octanol–water partition coefficient (Wildman–Crippen LogP) is 3.18. The summed E-state index contributed by atoms with van der Waals surface area (Å²) in [5.74, 6) is -3.04. The van der Waals surface area contributed by atoms with Gasteiger partial charge in [-0.3, -0.25) is 9.59 Å². The quantitative estimate of drug-likeness (QED) is 0.490. The lowest BCUT2D eigenvalue weighted by Crippen LogP contribution is -2.44. The van der Waals surface area contributed by atoms with Crippen molar-refractivity contribution < 1.29 is 19.1 Å². The first-order valence-electron chi connectivity index (χ1n) is 12.0. The van der Waals surface area contributed by atoms with Gasteiger partial charge in [0.1, 0.15) is 11.9 Å². The first kappa shape index (κ1) is 24.2. The Morgan fingerprint density at radius 2 is 2.09 bits per heavy atom. The standard InChI is InChI=1S/C25H34FN5O3/c1-4-17-14-8-9-25(2,3)12-20(14)31(30-17)13-10-16(26)21(23(28)32)19(11-13)29-18-7-5-6-15(18)22(27)24(33)34/h10-11,15,18,22,29H,4-9,12,27H2,1-3H3,(H2,28,32)(H,33,34)/t15-,18?,22?/m1/s1. The number of anilines is 1. The highest BCUT2D eigenvalue weighted by Gasteiger charge is 2.36. The molecule has 3 atom stereocenters. The van der Waals surface area contributed by atoms with E-state index in [2.05, 4.69) is 26.1 Å². The van der Waals surface area contributed by atoms with Gasteiger partial charge in [-0.25, -0.2) is 9.07 Å². The number of nitrogens with one attached hydrogen (secondary N) is 1. The summed E-state index contributed by atoms with van der Waals surface area (Å²) in [5.41, 5.74) is 15.4. The van der Waals surface area contributed by atoms with E-state index < -0.39 is 23.7 Å². The molecule has 4 rings (SSSR count). The van der Waals surface area contributed by atoms with E-state index in [0.29, 0.717) is 18.5 Å². The normalized spacial score (nSPS) is 22.3. The minimum Gasteiger partial charge on any atom is -0.480 e. The molecule has 0 radical (unpaired) electrons. The lowest BCUT2D eigenvalue weighted by molar-refractivity contribution is -0.139. The van der Waals surface area contributed by atoms with Crippen LogP contribution in [0.1, 0.15) is 73.8 Å². The summed E-state index contributed by atoms with van der Waals surface area (Å²) in [5, 5.41) is 17.4. The van der Waals surface area contributed by atoms with Crippen LogP contribution in [-0.4, -0.2) is 38.8 Å². The molecule has 6 N–H and O–H groups in total. The van der Waals surface area contributed by atoms with E-state index >= 15 is 4.39 Å². The van der Waals surface area contributed by atoms with Crippen LogP contribution in [0.3, 0.4) is 0 Å². The Morgan fingerprint density at radius 1 is 1.35 bits per heavy atom. The lowest BCUT2D eigenvalue weighted by Gasteiger charge is -2.30. The van der Waals surface area contributed by atoms with Gasteiger partial charge in [-0.2, -0.15) is 5.10 Å². The molecule has 1 fully saturated rings. The molecular weight excluding hydrogens is 437 g/mol. The van der Waals surface area contributed by atoms with Gasteiger partial charge in [0.15, 0.2) is 0 Å². The van der Waals surface area contributed by atoms with Crippen molar-refractivity contribution >= 4 is 17.6 Å². The van der Waals surface area contributed by atoms with E-state index in [1.54, 1.807) is 10.7 Å². The van der Waals surface area contributed by atoms with Crippen molar-refractivity contribution in [3.63, 3.8) is 0 Å². The first-order chi connectivity index (χ1) is 16.0. The van der Waals surface area contributed by atoms with Crippen molar-refractivity contribution in [2.75, 3.05) is 5.32 Å². The largest absolute Gasteiger partial charge is 0.480 e. The van der Waals surface area contributed by atoms with Gasteiger partial charge in [0, 0.05) is 23.7 Å². The van der Waals surface area contributed by atoms with Crippen molar-refractivity contribution in [3.8, 4) is 5.69 Å². The van der Waals surface area contributed by atoms with E-state index in [9.17, 15) is 14.7 Å². The van der Waals surface area contributed by atoms with Crippen molar-refractivity contribution in [2.24, 2.45) is 22.8 Å². The summed E-state index contributed by atoms with van der Waals surface area (Å²) in [6, 6.07) is 1.64. The van der Waals surface area contributed by atoms with Gasteiger partial charge in [0.25, 0.3) is 5.91 Å². The van der Waals surface area contributed by atoms with Crippen LogP contribution in [0, 0.1) is 17.2 Å². The number of aromatic nitrogens is 2. The van der Waals surface area contributed by atoms with Crippen LogP contribution in [0.5, 0.6) is 0 Å². The fraction of sp³-hybridized carbons (Fsp3) is 0.560. The number of carbonyl (C=O) groups is 2. The number of carboxylic acids is 1. The molecule has 1 heterocycles. The number of carbonyl (C=O) groups excluding carboxylic acids is 1. The molecule has 1 amide bonds. The maximum atomic E-state index is 15.3. The molecule has 0 aliphatic heterocycles. The number of amides is 1. The highest BCUT2D eigenvalue weighted by atomic mass is 19.1. The average Bonchev–Trinajstić information content (AvgIpc) is 3.35. The molecule has 9 heteroatoms. The number of fused-ring (bicyclic) bond motifs is 1. The zero-order valence-corrected chi connectivity index (χ0v) is 20.0. The number of hydrogen-bond donors (Lipinski definition) is 4. The van der Waals surface area contributed by atoms with Crippen LogP contribution in [0.25, 0.3) is 5.69 Å². The summed E-state index contributed by atoms with van der Waals surface area (Å²) < 4.78 is 17.1. The van der Waals surface area contributed by atoms with Crippen LogP contribution in [0.2, 0.25) is 0 Å². The van der Waals surface area contributed by atoms with E-state index in [1.807, 2.05) is 0 Å². The maximum Gasteiger partial charge on any atom is 0.320 e. The summed E-state index contributed by atoms with van der Waals surface area (Å²) in [4.78, 5) is 23.6. The summed E-state index contributed by atoms with van der Waals surface area (Å²) in [7, 11) is 0. The number of carboxylic acid groups (broad SMARTS) is 1. The molecule has 0 spiro atoms. The van der Waals surface area contributed by atoms with Gasteiger partial charge in [-0.15, -0.1) is 0 Å². The van der Waals surface area contributed by atoms with E-state index in [0.717, 1.165) is 43.5 Å². The molecule has 2 aliphatic carbocycles. The number of hydrogen-bond acceptors (Lipinski definition) is 5. The van der Waals surface area contributed by atoms with E-state index in [-0.39, 0.29) is 28.6 Å². The van der Waals surface area contributed by atoms with E-state index in [4.69, 9.17) is 16.6 Å². The van der Waals surface area contributed by atoms with Crippen LogP contribution in [-0.2, 0) is 24.1 Å². The molecule has 2 unspecified atom stereocenters. The number of nitrogens with zero attached hydrogens (tertiary/aromatic N) is 2. The van der Waals surface area contributed by atoms with Crippen LogP contribution < -0.4 is 16.8 Å². The van der Waals surface area contributed by atoms with Gasteiger partial charge in [-0.1, -0.05) is 27.2 Å². The zero-order chi connectivity index (χ0) is 24.8. The molecular formula is C25H34FN5O3. The molecule has 8 nitrogen and oxygen atoms in total. The summed E-state index contributed by atoms with van der Waals surface area (Å²) in [6.07, 6.45) is 5.68. The minimum atomic E-state index is -1.08. The highest BCUT2D eigenvalue weighted by Crippen LogP contribution is 2.38. The molecule has 0 bridgehead atoms. The fourth-order valence-corrected chi connectivity index (χ4v) is 5.57. The van der Waals surface area contributed by atoms with Crippen LogP contribution in [0.15, 0.2) is 12.1 Å². The molecule has 2 aliphatic rings. The number of aliphatic carboxylic acids is 1. The Balaban J connectivity index is 1.78. The zero-order valence-electron chi connectivity index (χ0n) is 20.0. The van der Waals surface area contributed by atoms with Crippen LogP contribution in [0.4, 0.5) is 10.1 Å². The number of rotatable bonds is 7. The monoisotopic (exact) mass is 471 g/mol. The molecule has 0 saturated heterocycles. The Labute approximate surface area is 198 Å². The smallest absolute Gasteiger partial charge is 0.320 e. The topological polar surface area (TPSA) is 136 Å². The second kappa shape index (κ2) is 9.02. The summed E-state index contributed by atoms with van der Waals surface area (Å²) >= 11 is 0. The highest BCUT2D eigenvalue weighted by molar-refractivity contribution is 5.99. The Kier molecular flexibility index (Phi) is 6.42. The molecule has 34 heavy (non-hydrogen) atoms. The fourth-order valence-electron chi connectivity index (χ4n) is 5.57.